The molecular formula is C19H16N4O2. The SMILES string of the molecule is O=C1OCCN1CCn1c2ccccc2c2nc3ccccc3nc21. The molecule has 6 heteroatoms. The summed E-state index contributed by atoms with van der Waals surface area (Å²) < 4.78 is 7.17. The Bertz CT molecular complexity index is 1120. The summed E-state index contributed by atoms with van der Waals surface area (Å²) >= 11 is 0. The highest BCUT2D eigenvalue weighted by atomic mass is 16.6. The highest BCUT2D eigenvalue weighted by molar-refractivity contribution is 6.06. The zero-order valence-electron chi connectivity index (χ0n) is 13.6. The molecule has 25 heavy (non-hydrogen) atoms. The van der Waals surface area contributed by atoms with Crippen LogP contribution in [-0.4, -0.2) is 45.2 Å². The maximum absolute atomic E-state index is 11.7. The average Bonchev–Trinajstić information content (AvgIpc) is 3.19. The molecule has 0 bridgehead atoms. The summed E-state index contributed by atoms with van der Waals surface area (Å²) in [5.74, 6) is 0. The Balaban J connectivity index is 1.68. The lowest BCUT2D eigenvalue weighted by Gasteiger charge is -2.14. The summed E-state index contributed by atoms with van der Waals surface area (Å²) in [4.78, 5) is 23.1. The van der Waals surface area contributed by atoms with Crippen molar-refractivity contribution in [2.24, 2.45) is 0 Å². The minimum atomic E-state index is -0.239. The summed E-state index contributed by atoms with van der Waals surface area (Å²) in [5, 5.41) is 1.08. The number of amides is 1. The zero-order chi connectivity index (χ0) is 16.8. The molecule has 0 radical (unpaired) electrons. The van der Waals surface area contributed by atoms with Gasteiger partial charge in [-0.25, -0.2) is 14.8 Å². The number of fused-ring (bicyclic) bond motifs is 4. The lowest BCUT2D eigenvalue weighted by atomic mass is 10.2. The number of carbonyl (C=O) groups is 1. The van der Waals surface area contributed by atoms with Gasteiger partial charge in [-0.1, -0.05) is 30.3 Å². The average molecular weight is 332 g/mol. The monoisotopic (exact) mass is 332 g/mol. The van der Waals surface area contributed by atoms with Gasteiger partial charge in [-0.3, -0.25) is 0 Å². The quantitative estimate of drug-likeness (QED) is 0.578. The highest BCUT2D eigenvalue weighted by Gasteiger charge is 2.22. The molecule has 1 aliphatic rings. The van der Waals surface area contributed by atoms with Crippen LogP contribution in [0.3, 0.4) is 0 Å². The predicted molar refractivity (Wildman–Crippen MR) is 95.5 cm³/mol. The van der Waals surface area contributed by atoms with Crippen molar-refractivity contribution in [1.29, 1.82) is 0 Å². The number of benzene rings is 2. The maximum atomic E-state index is 11.7. The predicted octanol–water partition coefficient (Wildman–Crippen LogP) is 3.19. The van der Waals surface area contributed by atoms with Gasteiger partial charge in [0.1, 0.15) is 12.1 Å². The van der Waals surface area contributed by atoms with Gasteiger partial charge in [0, 0.05) is 18.5 Å². The highest BCUT2D eigenvalue weighted by Crippen LogP contribution is 2.28. The van der Waals surface area contributed by atoms with Gasteiger partial charge >= 0.3 is 6.09 Å². The van der Waals surface area contributed by atoms with Crippen LogP contribution < -0.4 is 0 Å². The van der Waals surface area contributed by atoms with Gasteiger partial charge in [0.25, 0.3) is 0 Å². The fourth-order valence-corrected chi connectivity index (χ4v) is 3.46. The van der Waals surface area contributed by atoms with Crippen LogP contribution >= 0.6 is 0 Å². The number of aromatic nitrogens is 3. The standard InChI is InChI=1S/C19H16N4O2/c24-19-22(11-12-25-19)9-10-23-16-8-4-1-5-13(16)17-18(23)21-15-7-3-2-6-14(15)20-17/h1-8H,9-12H2. The Morgan fingerprint density at radius 1 is 0.960 bits per heavy atom. The third kappa shape index (κ3) is 2.21. The molecule has 1 fully saturated rings. The second kappa shape index (κ2) is 5.44. The van der Waals surface area contributed by atoms with Crippen molar-refractivity contribution in [2.45, 2.75) is 6.54 Å². The Morgan fingerprint density at radius 2 is 1.72 bits per heavy atom. The van der Waals surface area contributed by atoms with Crippen LogP contribution in [0.2, 0.25) is 0 Å². The van der Waals surface area contributed by atoms with E-state index in [2.05, 4.69) is 16.7 Å². The number of rotatable bonds is 3. The van der Waals surface area contributed by atoms with E-state index in [-0.39, 0.29) is 6.09 Å². The van der Waals surface area contributed by atoms with E-state index in [4.69, 9.17) is 14.7 Å². The first-order valence-electron chi connectivity index (χ1n) is 8.37. The third-order valence-corrected chi connectivity index (χ3v) is 4.70. The lowest BCUT2D eigenvalue weighted by Crippen LogP contribution is -2.28. The first kappa shape index (κ1) is 14.2. The van der Waals surface area contributed by atoms with E-state index >= 15 is 0 Å². The Hall–Kier alpha value is -3.15. The van der Waals surface area contributed by atoms with E-state index in [0.29, 0.717) is 26.2 Å². The normalized spacial score (nSPS) is 14.7. The molecule has 1 amide bonds. The molecule has 3 heterocycles. The van der Waals surface area contributed by atoms with Crippen molar-refractivity contribution in [3.8, 4) is 0 Å². The second-order valence-corrected chi connectivity index (χ2v) is 6.15. The molecule has 1 aliphatic heterocycles. The first-order chi connectivity index (χ1) is 12.3. The molecule has 6 nitrogen and oxygen atoms in total. The minimum Gasteiger partial charge on any atom is -0.448 e. The van der Waals surface area contributed by atoms with Gasteiger partial charge in [-0.15, -0.1) is 0 Å². The number of hydrogen-bond donors (Lipinski definition) is 0. The molecule has 2 aromatic heterocycles. The van der Waals surface area contributed by atoms with E-state index in [9.17, 15) is 4.79 Å². The van der Waals surface area contributed by atoms with Crippen LogP contribution in [0.5, 0.6) is 0 Å². The summed E-state index contributed by atoms with van der Waals surface area (Å²) in [7, 11) is 0. The van der Waals surface area contributed by atoms with E-state index in [1.54, 1.807) is 4.90 Å². The van der Waals surface area contributed by atoms with Crippen molar-refractivity contribution in [3.63, 3.8) is 0 Å². The second-order valence-electron chi connectivity index (χ2n) is 6.15. The van der Waals surface area contributed by atoms with Gasteiger partial charge in [0.2, 0.25) is 0 Å². The van der Waals surface area contributed by atoms with Gasteiger partial charge < -0.3 is 14.2 Å². The van der Waals surface area contributed by atoms with E-state index in [0.717, 1.165) is 33.1 Å². The van der Waals surface area contributed by atoms with E-state index in [1.807, 2.05) is 36.4 Å². The molecule has 2 aromatic carbocycles. The van der Waals surface area contributed by atoms with Gasteiger partial charge in [0.05, 0.1) is 23.1 Å². The maximum Gasteiger partial charge on any atom is 0.410 e. The van der Waals surface area contributed by atoms with Crippen LogP contribution in [0.1, 0.15) is 0 Å². The minimum absolute atomic E-state index is 0.239. The van der Waals surface area contributed by atoms with E-state index < -0.39 is 0 Å². The number of para-hydroxylation sites is 3. The van der Waals surface area contributed by atoms with Crippen molar-refractivity contribution < 1.29 is 9.53 Å². The molecular weight excluding hydrogens is 316 g/mol. The van der Waals surface area contributed by atoms with Gasteiger partial charge in [-0.2, -0.15) is 0 Å². The Morgan fingerprint density at radius 3 is 2.52 bits per heavy atom. The van der Waals surface area contributed by atoms with Crippen LogP contribution in [-0.2, 0) is 11.3 Å². The summed E-state index contributed by atoms with van der Waals surface area (Å²) in [6, 6.07) is 16.1. The fourth-order valence-electron chi connectivity index (χ4n) is 3.46. The third-order valence-electron chi connectivity index (χ3n) is 4.70. The lowest BCUT2D eigenvalue weighted by molar-refractivity contribution is 0.158. The summed E-state index contributed by atoms with van der Waals surface area (Å²) in [6.07, 6.45) is -0.239. The molecule has 0 saturated carbocycles. The van der Waals surface area contributed by atoms with Crippen LogP contribution in [0.4, 0.5) is 4.79 Å². The molecule has 5 rings (SSSR count). The van der Waals surface area contributed by atoms with Crippen LogP contribution in [0.15, 0.2) is 48.5 Å². The molecule has 0 atom stereocenters. The van der Waals surface area contributed by atoms with Crippen molar-refractivity contribution in [1.82, 2.24) is 19.4 Å². The van der Waals surface area contributed by atoms with E-state index in [1.165, 1.54) is 0 Å². The number of ether oxygens (including phenoxy) is 1. The molecule has 0 spiro atoms. The van der Waals surface area contributed by atoms with Crippen molar-refractivity contribution in [2.75, 3.05) is 19.7 Å². The molecule has 1 saturated heterocycles. The fraction of sp³-hybridized carbons (Fsp3) is 0.211. The van der Waals surface area contributed by atoms with Crippen LogP contribution in [0.25, 0.3) is 33.1 Å². The van der Waals surface area contributed by atoms with Crippen molar-refractivity contribution in [3.05, 3.63) is 48.5 Å². The smallest absolute Gasteiger partial charge is 0.410 e. The first-order valence-corrected chi connectivity index (χ1v) is 8.37. The summed E-state index contributed by atoms with van der Waals surface area (Å²) in [5.41, 5.74) is 4.60. The topological polar surface area (TPSA) is 60.2 Å². The molecule has 0 N–H and O–H groups in total. The van der Waals surface area contributed by atoms with Gasteiger partial charge in [0.15, 0.2) is 5.65 Å². The van der Waals surface area contributed by atoms with Crippen LogP contribution in [0, 0.1) is 0 Å². The summed E-state index contributed by atoms with van der Waals surface area (Å²) in [6.45, 7) is 2.37. The zero-order valence-corrected chi connectivity index (χ0v) is 13.6. The van der Waals surface area contributed by atoms with Gasteiger partial charge in [-0.05, 0) is 18.2 Å². The molecule has 0 aliphatic carbocycles. The number of hydrogen-bond acceptors (Lipinski definition) is 4. The number of nitrogens with zero attached hydrogens (tertiary/aromatic N) is 4. The molecule has 124 valence electrons. The molecule has 0 unspecified atom stereocenters. The van der Waals surface area contributed by atoms with Crippen molar-refractivity contribution >= 4 is 39.2 Å². The largest absolute Gasteiger partial charge is 0.448 e. The Kier molecular flexibility index (Phi) is 3.09. The molecule has 4 aromatic rings. The Labute approximate surface area is 143 Å². The number of carbonyl (C=O) groups excluding carboxylic acids is 1. The number of cyclic esters (lactones) is 1.